The molecule has 0 aliphatic carbocycles. The van der Waals surface area contributed by atoms with Gasteiger partial charge in [0, 0.05) is 19.0 Å². The minimum Gasteiger partial charge on any atom is -0.356 e. The standard InChI is InChI=1S/C20H16F6N6OS/c1-34-18-27-8-11(20(24,25)26)15(28-18)16-14-12-6-5-10(19(21,22)23)9-31(12)30-17(14)32(29-16)13-4-2-3-7-33-13/h5-6,8-9,13H,2-4,7H2,1H3. The first kappa shape index (κ1) is 22.9. The third-order valence-corrected chi connectivity index (χ3v) is 6.07. The molecule has 1 fully saturated rings. The highest BCUT2D eigenvalue weighted by Crippen LogP contribution is 2.41. The van der Waals surface area contributed by atoms with E-state index >= 15 is 0 Å². The van der Waals surface area contributed by atoms with Crippen LogP contribution in [0.3, 0.4) is 0 Å². The van der Waals surface area contributed by atoms with Crippen molar-refractivity contribution in [3.8, 4) is 11.4 Å². The van der Waals surface area contributed by atoms with E-state index in [1.54, 1.807) is 6.26 Å². The van der Waals surface area contributed by atoms with Crippen molar-refractivity contribution < 1.29 is 31.1 Å². The number of pyridine rings is 1. The molecule has 4 aromatic rings. The SMILES string of the molecule is CSc1ncc(C(F)(F)F)c(-c2nn(C3CCCCO3)c3nn4cc(C(F)(F)F)ccc4c23)n1. The minimum atomic E-state index is -4.78. The summed E-state index contributed by atoms with van der Waals surface area (Å²) in [5.41, 5.74) is -2.39. The second-order valence-corrected chi connectivity index (χ2v) is 8.45. The van der Waals surface area contributed by atoms with Crippen molar-refractivity contribution in [1.29, 1.82) is 0 Å². The normalized spacial score (nSPS) is 17.7. The van der Waals surface area contributed by atoms with E-state index < -0.39 is 35.4 Å². The first-order chi connectivity index (χ1) is 16.1. The summed E-state index contributed by atoms with van der Waals surface area (Å²) in [5.74, 6) is 0. The lowest BCUT2D eigenvalue weighted by Gasteiger charge is -2.22. The number of rotatable bonds is 3. The van der Waals surface area contributed by atoms with E-state index in [1.165, 1.54) is 10.7 Å². The summed E-state index contributed by atoms with van der Waals surface area (Å²) in [6.45, 7) is 0.422. The fourth-order valence-electron chi connectivity index (χ4n) is 3.93. The summed E-state index contributed by atoms with van der Waals surface area (Å²) in [6, 6.07) is 2.02. The van der Waals surface area contributed by atoms with Crippen LogP contribution in [0, 0.1) is 0 Å². The molecule has 0 N–H and O–H groups in total. The summed E-state index contributed by atoms with van der Waals surface area (Å²) in [7, 11) is 0. The highest BCUT2D eigenvalue weighted by molar-refractivity contribution is 7.98. The Morgan fingerprint density at radius 3 is 2.47 bits per heavy atom. The van der Waals surface area contributed by atoms with Gasteiger partial charge in [-0.3, -0.25) is 0 Å². The number of nitrogens with zero attached hydrogens (tertiary/aromatic N) is 6. The number of alkyl halides is 6. The van der Waals surface area contributed by atoms with Gasteiger partial charge in [-0.2, -0.15) is 31.4 Å². The van der Waals surface area contributed by atoms with Crippen LogP contribution in [-0.2, 0) is 17.1 Å². The van der Waals surface area contributed by atoms with Gasteiger partial charge in [-0.05, 0) is 37.7 Å². The molecule has 0 spiro atoms. The summed E-state index contributed by atoms with van der Waals surface area (Å²) < 4.78 is 89.4. The zero-order chi connectivity index (χ0) is 24.3. The van der Waals surface area contributed by atoms with Gasteiger partial charge in [0.2, 0.25) is 0 Å². The lowest BCUT2D eigenvalue weighted by atomic mass is 10.1. The maximum atomic E-state index is 13.9. The summed E-state index contributed by atoms with van der Waals surface area (Å²) in [4.78, 5) is 7.82. The number of fused-ring (bicyclic) bond motifs is 3. The Bertz CT molecular complexity index is 1370. The molecule has 14 heteroatoms. The van der Waals surface area contributed by atoms with Gasteiger partial charge in [0.1, 0.15) is 17.0 Å². The number of aromatic nitrogens is 6. The minimum absolute atomic E-state index is 0.0930. The Morgan fingerprint density at radius 2 is 1.82 bits per heavy atom. The molecule has 4 aromatic heterocycles. The van der Waals surface area contributed by atoms with Crippen molar-refractivity contribution in [3.63, 3.8) is 0 Å². The van der Waals surface area contributed by atoms with Gasteiger partial charge in [-0.1, -0.05) is 11.8 Å². The second kappa shape index (κ2) is 8.12. The second-order valence-electron chi connectivity index (χ2n) is 7.68. The van der Waals surface area contributed by atoms with Crippen LogP contribution in [0.1, 0.15) is 36.6 Å². The predicted molar refractivity (Wildman–Crippen MR) is 110 cm³/mol. The van der Waals surface area contributed by atoms with Crippen LogP contribution in [0.25, 0.3) is 27.9 Å². The Morgan fingerprint density at radius 1 is 1.03 bits per heavy atom. The number of halogens is 6. The summed E-state index contributed by atoms with van der Waals surface area (Å²) in [6.07, 6.45) is -4.78. The molecular weight excluding hydrogens is 486 g/mol. The molecule has 0 bridgehead atoms. The van der Waals surface area contributed by atoms with E-state index in [9.17, 15) is 26.3 Å². The average Bonchev–Trinajstić information content (AvgIpc) is 3.35. The Hall–Kier alpha value is -2.87. The molecule has 1 saturated heterocycles. The van der Waals surface area contributed by atoms with E-state index in [-0.39, 0.29) is 27.4 Å². The zero-order valence-electron chi connectivity index (χ0n) is 17.5. The fourth-order valence-corrected chi connectivity index (χ4v) is 4.27. The quantitative estimate of drug-likeness (QED) is 0.206. The molecule has 1 unspecified atom stereocenters. The largest absolute Gasteiger partial charge is 0.420 e. The highest BCUT2D eigenvalue weighted by Gasteiger charge is 2.38. The molecule has 34 heavy (non-hydrogen) atoms. The summed E-state index contributed by atoms with van der Waals surface area (Å²) >= 11 is 1.05. The zero-order valence-corrected chi connectivity index (χ0v) is 18.3. The van der Waals surface area contributed by atoms with Crippen LogP contribution in [0.2, 0.25) is 0 Å². The van der Waals surface area contributed by atoms with Crippen LogP contribution < -0.4 is 0 Å². The first-order valence-electron chi connectivity index (χ1n) is 10.2. The topological polar surface area (TPSA) is 70.1 Å². The Balaban J connectivity index is 1.83. The van der Waals surface area contributed by atoms with Gasteiger partial charge in [0.05, 0.1) is 16.5 Å². The Kier molecular flexibility index (Phi) is 5.47. The van der Waals surface area contributed by atoms with Gasteiger partial charge in [0.15, 0.2) is 17.0 Å². The van der Waals surface area contributed by atoms with Crippen molar-refractivity contribution in [2.24, 2.45) is 0 Å². The van der Waals surface area contributed by atoms with Crippen LogP contribution in [0.4, 0.5) is 26.3 Å². The number of hydrogen-bond donors (Lipinski definition) is 0. The van der Waals surface area contributed by atoms with Crippen LogP contribution in [0.5, 0.6) is 0 Å². The molecule has 0 saturated carbocycles. The molecule has 5 rings (SSSR count). The van der Waals surface area contributed by atoms with E-state index in [1.807, 2.05) is 0 Å². The van der Waals surface area contributed by atoms with Crippen molar-refractivity contribution in [1.82, 2.24) is 29.4 Å². The van der Waals surface area contributed by atoms with E-state index in [2.05, 4.69) is 20.2 Å². The lowest BCUT2D eigenvalue weighted by molar-refractivity contribution is -0.138. The van der Waals surface area contributed by atoms with E-state index in [0.717, 1.165) is 41.4 Å². The van der Waals surface area contributed by atoms with Crippen molar-refractivity contribution >= 4 is 28.3 Å². The lowest BCUT2D eigenvalue weighted by Crippen LogP contribution is -2.19. The van der Waals surface area contributed by atoms with E-state index in [4.69, 9.17) is 4.74 Å². The average molecular weight is 502 g/mol. The predicted octanol–water partition coefficient (Wildman–Crippen LogP) is 5.60. The number of hydrogen-bond acceptors (Lipinski definition) is 6. The van der Waals surface area contributed by atoms with Crippen molar-refractivity contribution in [2.45, 2.75) is 43.0 Å². The van der Waals surface area contributed by atoms with E-state index in [0.29, 0.717) is 19.2 Å². The van der Waals surface area contributed by atoms with Crippen molar-refractivity contribution in [3.05, 3.63) is 35.7 Å². The van der Waals surface area contributed by atoms with Gasteiger partial charge < -0.3 is 4.74 Å². The molecule has 1 aliphatic heterocycles. The van der Waals surface area contributed by atoms with Crippen LogP contribution in [-0.4, -0.2) is 42.2 Å². The van der Waals surface area contributed by atoms with Gasteiger partial charge in [-0.15, -0.1) is 5.10 Å². The smallest absolute Gasteiger partial charge is 0.356 e. The molecule has 0 amide bonds. The molecule has 7 nitrogen and oxygen atoms in total. The maximum Gasteiger partial charge on any atom is 0.420 e. The van der Waals surface area contributed by atoms with Crippen LogP contribution in [0.15, 0.2) is 29.7 Å². The fraction of sp³-hybridized carbons (Fsp3) is 0.400. The molecule has 180 valence electrons. The van der Waals surface area contributed by atoms with Gasteiger partial charge in [0.25, 0.3) is 0 Å². The third kappa shape index (κ3) is 3.87. The Labute approximate surface area is 192 Å². The molecule has 0 radical (unpaired) electrons. The first-order valence-corrected chi connectivity index (χ1v) is 11.4. The van der Waals surface area contributed by atoms with Gasteiger partial charge >= 0.3 is 12.4 Å². The highest BCUT2D eigenvalue weighted by atomic mass is 32.2. The monoisotopic (exact) mass is 502 g/mol. The van der Waals surface area contributed by atoms with Gasteiger partial charge in [-0.25, -0.2) is 19.2 Å². The molecule has 5 heterocycles. The molecule has 1 aliphatic rings. The molecule has 0 aromatic carbocycles. The maximum absolute atomic E-state index is 13.9. The number of thioether (sulfide) groups is 1. The number of ether oxygens (including phenoxy) is 1. The third-order valence-electron chi connectivity index (χ3n) is 5.51. The molecule has 1 atom stereocenters. The van der Waals surface area contributed by atoms with Crippen molar-refractivity contribution in [2.75, 3.05) is 12.9 Å². The molecular formula is C20H16F6N6OS. The summed E-state index contributed by atoms with van der Waals surface area (Å²) in [5, 5.41) is 8.91. The van der Waals surface area contributed by atoms with Crippen LogP contribution >= 0.6 is 11.8 Å².